The van der Waals surface area contributed by atoms with E-state index in [9.17, 15) is 8.42 Å². The molecular weight excluding hydrogens is 246 g/mol. The monoisotopic (exact) mass is 255 g/mol. The quantitative estimate of drug-likeness (QED) is 0.870. The number of hydrogen-bond acceptors (Lipinski definition) is 5. The SMILES string of the molecule is CC(C#N)CNS(=O)(=O)c1ccc(C#N)s1. The molecule has 1 heterocycles. The molecule has 1 aromatic rings. The van der Waals surface area contributed by atoms with Crippen molar-refractivity contribution in [3.8, 4) is 12.1 Å². The van der Waals surface area contributed by atoms with Crippen molar-refractivity contribution in [1.29, 1.82) is 10.5 Å². The lowest BCUT2D eigenvalue weighted by Crippen LogP contribution is -2.27. The van der Waals surface area contributed by atoms with Crippen molar-refractivity contribution in [2.45, 2.75) is 11.1 Å². The Bertz CT molecular complexity index is 548. The molecule has 0 fully saturated rings. The molecule has 0 amide bonds. The summed E-state index contributed by atoms with van der Waals surface area (Å²) in [5, 5.41) is 17.1. The van der Waals surface area contributed by atoms with Gasteiger partial charge in [0.25, 0.3) is 0 Å². The van der Waals surface area contributed by atoms with Crippen LogP contribution < -0.4 is 4.72 Å². The standard InChI is InChI=1S/C9H9N3O2S2/c1-7(4-10)6-12-16(13,14)9-3-2-8(5-11)15-9/h2-3,7,12H,6H2,1H3. The van der Waals surface area contributed by atoms with Gasteiger partial charge in [0.1, 0.15) is 15.2 Å². The molecule has 1 unspecified atom stereocenters. The van der Waals surface area contributed by atoms with Gasteiger partial charge in [-0.25, -0.2) is 13.1 Å². The Morgan fingerprint density at radius 1 is 1.50 bits per heavy atom. The van der Waals surface area contributed by atoms with Crippen LogP contribution in [-0.2, 0) is 10.0 Å². The average Bonchev–Trinajstić information content (AvgIpc) is 2.75. The second-order valence-corrected chi connectivity index (χ2v) is 6.19. The second kappa shape index (κ2) is 5.08. The first-order valence-electron chi connectivity index (χ1n) is 4.39. The third-order valence-electron chi connectivity index (χ3n) is 1.76. The number of nitrogens with zero attached hydrogens (tertiary/aromatic N) is 2. The highest BCUT2D eigenvalue weighted by Crippen LogP contribution is 2.20. The van der Waals surface area contributed by atoms with Gasteiger partial charge in [0.2, 0.25) is 10.0 Å². The molecule has 0 aliphatic carbocycles. The third kappa shape index (κ3) is 3.04. The summed E-state index contributed by atoms with van der Waals surface area (Å²) >= 11 is 0.905. The van der Waals surface area contributed by atoms with E-state index in [1.807, 2.05) is 12.1 Å². The molecule has 1 atom stereocenters. The summed E-state index contributed by atoms with van der Waals surface area (Å²) in [5.41, 5.74) is 0. The van der Waals surface area contributed by atoms with E-state index in [1.165, 1.54) is 12.1 Å². The minimum atomic E-state index is -3.59. The summed E-state index contributed by atoms with van der Waals surface area (Å²) < 4.78 is 25.7. The topological polar surface area (TPSA) is 93.8 Å². The van der Waals surface area contributed by atoms with E-state index >= 15 is 0 Å². The highest BCUT2D eigenvalue weighted by Gasteiger charge is 2.17. The van der Waals surface area contributed by atoms with Crippen LogP contribution in [-0.4, -0.2) is 15.0 Å². The predicted octanol–water partition coefficient (Wildman–Crippen LogP) is 1.06. The van der Waals surface area contributed by atoms with Crippen LogP contribution in [0.15, 0.2) is 16.3 Å². The Labute approximate surface area is 98.0 Å². The highest BCUT2D eigenvalue weighted by atomic mass is 32.2. The van der Waals surface area contributed by atoms with Gasteiger partial charge in [-0.05, 0) is 19.1 Å². The van der Waals surface area contributed by atoms with Crippen LogP contribution in [0.25, 0.3) is 0 Å². The second-order valence-electron chi connectivity index (χ2n) is 3.11. The number of thiophene rings is 1. The van der Waals surface area contributed by atoms with Gasteiger partial charge >= 0.3 is 0 Å². The maximum atomic E-state index is 11.7. The fraction of sp³-hybridized carbons (Fsp3) is 0.333. The van der Waals surface area contributed by atoms with Crippen molar-refractivity contribution in [3.05, 3.63) is 17.0 Å². The molecule has 0 saturated heterocycles. The van der Waals surface area contributed by atoms with E-state index in [0.717, 1.165) is 11.3 Å². The van der Waals surface area contributed by atoms with Crippen LogP contribution in [0.2, 0.25) is 0 Å². The lowest BCUT2D eigenvalue weighted by atomic mass is 10.2. The Kier molecular flexibility index (Phi) is 4.02. The fourth-order valence-corrected chi connectivity index (χ4v) is 3.15. The Hall–Kier alpha value is -1.41. The molecule has 0 aliphatic heterocycles. The van der Waals surface area contributed by atoms with E-state index in [1.54, 1.807) is 6.92 Å². The number of hydrogen-bond donors (Lipinski definition) is 1. The zero-order valence-electron chi connectivity index (χ0n) is 8.47. The minimum absolute atomic E-state index is 0.0681. The normalized spacial score (nSPS) is 12.7. The highest BCUT2D eigenvalue weighted by molar-refractivity contribution is 7.91. The minimum Gasteiger partial charge on any atom is -0.209 e. The Balaban J connectivity index is 2.80. The van der Waals surface area contributed by atoms with Crippen molar-refractivity contribution in [2.75, 3.05) is 6.54 Å². The molecule has 0 aliphatic rings. The van der Waals surface area contributed by atoms with Crippen molar-refractivity contribution < 1.29 is 8.42 Å². The Morgan fingerprint density at radius 2 is 2.19 bits per heavy atom. The van der Waals surface area contributed by atoms with E-state index in [4.69, 9.17) is 10.5 Å². The molecule has 0 spiro atoms. The molecule has 0 bridgehead atoms. The van der Waals surface area contributed by atoms with Gasteiger partial charge in [-0.1, -0.05) is 0 Å². The summed E-state index contributed by atoms with van der Waals surface area (Å²) in [7, 11) is -3.59. The zero-order chi connectivity index (χ0) is 12.2. The van der Waals surface area contributed by atoms with E-state index in [-0.39, 0.29) is 16.7 Å². The number of nitrogens with one attached hydrogen (secondary N) is 1. The molecule has 84 valence electrons. The molecule has 1 rings (SSSR count). The summed E-state index contributed by atoms with van der Waals surface area (Å²) in [6, 6.07) is 6.63. The van der Waals surface area contributed by atoms with Crippen molar-refractivity contribution in [1.82, 2.24) is 4.72 Å². The molecule has 0 radical (unpaired) electrons. The largest absolute Gasteiger partial charge is 0.250 e. The van der Waals surface area contributed by atoms with Crippen LogP contribution in [0.5, 0.6) is 0 Å². The lowest BCUT2D eigenvalue weighted by molar-refractivity contribution is 0.575. The molecule has 1 N–H and O–H groups in total. The van der Waals surface area contributed by atoms with Crippen LogP contribution in [0.3, 0.4) is 0 Å². The van der Waals surface area contributed by atoms with Gasteiger partial charge in [-0.2, -0.15) is 10.5 Å². The van der Waals surface area contributed by atoms with Crippen molar-refractivity contribution in [2.24, 2.45) is 5.92 Å². The first-order chi connectivity index (χ1) is 7.49. The number of nitriles is 2. The maximum absolute atomic E-state index is 11.7. The van der Waals surface area contributed by atoms with E-state index in [0.29, 0.717) is 4.88 Å². The first-order valence-corrected chi connectivity index (χ1v) is 6.69. The van der Waals surface area contributed by atoms with Crippen LogP contribution >= 0.6 is 11.3 Å². The van der Waals surface area contributed by atoms with Gasteiger partial charge < -0.3 is 0 Å². The van der Waals surface area contributed by atoms with Crippen LogP contribution in [0.1, 0.15) is 11.8 Å². The molecule has 16 heavy (non-hydrogen) atoms. The molecule has 7 heteroatoms. The average molecular weight is 255 g/mol. The zero-order valence-corrected chi connectivity index (χ0v) is 10.1. The maximum Gasteiger partial charge on any atom is 0.250 e. The van der Waals surface area contributed by atoms with Crippen molar-refractivity contribution >= 4 is 21.4 Å². The van der Waals surface area contributed by atoms with Gasteiger partial charge in [-0.3, -0.25) is 0 Å². The summed E-state index contributed by atoms with van der Waals surface area (Å²) in [4.78, 5) is 0.341. The first kappa shape index (κ1) is 12.7. The van der Waals surface area contributed by atoms with Gasteiger partial charge in [0.05, 0.1) is 12.0 Å². The summed E-state index contributed by atoms with van der Waals surface area (Å²) in [6.45, 7) is 1.69. The van der Waals surface area contributed by atoms with E-state index in [2.05, 4.69) is 4.72 Å². The van der Waals surface area contributed by atoms with Crippen LogP contribution in [0.4, 0.5) is 0 Å². The fourth-order valence-electron chi connectivity index (χ4n) is 0.876. The van der Waals surface area contributed by atoms with Crippen molar-refractivity contribution in [3.63, 3.8) is 0 Å². The summed E-state index contributed by atoms with van der Waals surface area (Å²) in [5.74, 6) is -0.384. The van der Waals surface area contributed by atoms with Gasteiger partial charge in [0.15, 0.2) is 0 Å². The molecule has 0 saturated carbocycles. The number of sulfonamides is 1. The number of rotatable bonds is 4. The Morgan fingerprint density at radius 3 is 2.69 bits per heavy atom. The molecule has 5 nitrogen and oxygen atoms in total. The molecule has 0 aromatic carbocycles. The molecular formula is C9H9N3O2S2. The third-order valence-corrected chi connectivity index (χ3v) is 4.66. The predicted molar refractivity (Wildman–Crippen MR) is 59.0 cm³/mol. The van der Waals surface area contributed by atoms with Gasteiger partial charge in [0, 0.05) is 6.54 Å². The lowest BCUT2D eigenvalue weighted by Gasteiger charge is -2.04. The summed E-state index contributed by atoms with van der Waals surface area (Å²) in [6.07, 6.45) is 0. The smallest absolute Gasteiger partial charge is 0.209 e. The van der Waals surface area contributed by atoms with Crippen LogP contribution in [0, 0.1) is 28.6 Å². The molecule has 1 aromatic heterocycles. The van der Waals surface area contributed by atoms with Gasteiger partial charge in [-0.15, -0.1) is 11.3 Å². The van der Waals surface area contributed by atoms with E-state index < -0.39 is 10.0 Å².